The monoisotopic (exact) mass is 245 g/mol. The molecule has 0 saturated carbocycles. The standard InChI is InChI=1S/C11H13Cl2NO/c12-10-3-1-2-8(11(10)13)6-14-5-4-9(15)7-14/h1-3,9,15H,4-7H2. The maximum Gasteiger partial charge on any atom is 0.0679 e. The molecule has 4 heteroatoms. The predicted octanol–water partition coefficient (Wildman–Crippen LogP) is 2.56. The number of aliphatic hydroxyl groups is 1. The number of likely N-dealkylation sites (tertiary alicyclic amines) is 1. The predicted molar refractivity (Wildman–Crippen MR) is 62.4 cm³/mol. The van der Waals surface area contributed by atoms with Crippen LogP contribution in [0.5, 0.6) is 0 Å². The minimum atomic E-state index is -0.192. The van der Waals surface area contributed by atoms with Crippen LogP contribution in [0.3, 0.4) is 0 Å². The summed E-state index contributed by atoms with van der Waals surface area (Å²) in [6.07, 6.45) is 0.654. The molecule has 82 valence electrons. The molecule has 0 amide bonds. The Morgan fingerprint density at radius 1 is 1.40 bits per heavy atom. The number of hydrogen-bond donors (Lipinski definition) is 1. The highest BCUT2D eigenvalue weighted by molar-refractivity contribution is 6.42. The van der Waals surface area contributed by atoms with E-state index in [0.717, 1.165) is 31.6 Å². The van der Waals surface area contributed by atoms with Gasteiger partial charge in [-0.05, 0) is 18.1 Å². The zero-order valence-electron chi connectivity index (χ0n) is 8.29. The van der Waals surface area contributed by atoms with Crippen molar-refractivity contribution in [1.29, 1.82) is 0 Å². The van der Waals surface area contributed by atoms with Gasteiger partial charge in [0.25, 0.3) is 0 Å². The molecule has 1 fully saturated rings. The highest BCUT2D eigenvalue weighted by atomic mass is 35.5. The van der Waals surface area contributed by atoms with E-state index in [9.17, 15) is 5.11 Å². The zero-order valence-corrected chi connectivity index (χ0v) is 9.80. The number of nitrogens with zero attached hydrogens (tertiary/aromatic N) is 1. The van der Waals surface area contributed by atoms with Crippen LogP contribution in [0.15, 0.2) is 18.2 Å². The molecule has 1 unspecified atom stereocenters. The number of rotatable bonds is 2. The lowest BCUT2D eigenvalue weighted by atomic mass is 10.2. The zero-order chi connectivity index (χ0) is 10.8. The van der Waals surface area contributed by atoms with Crippen molar-refractivity contribution in [3.8, 4) is 0 Å². The van der Waals surface area contributed by atoms with Crippen molar-refractivity contribution < 1.29 is 5.11 Å². The first kappa shape index (κ1) is 11.2. The van der Waals surface area contributed by atoms with E-state index in [1.54, 1.807) is 6.07 Å². The molecule has 1 aromatic rings. The van der Waals surface area contributed by atoms with E-state index in [2.05, 4.69) is 4.90 Å². The van der Waals surface area contributed by atoms with Crippen LogP contribution in [-0.4, -0.2) is 29.2 Å². The van der Waals surface area contributed by atoms with Gasteiger partial charge in [-0.3, -0.25) is 4.90 Å². The molecule has 0 aliphatic carbocycles. The molecule has 1 aliphatic rings. The summed E-state index contributed by atoms with van der Waals surface area (Å²) in [6.45, 7) is 2.41. The molecule has 1 N–H and O–H groups in total. The summed E-state index contributed by atoms with van der Waals surface area (Å²) in [7, 11) is 0. The largest absolute Gasteiger partial charge is 0.392 e. The van der Waals surface area contributed by atoms with Crippen LogP contribution in [0.1, 0.15) is 12.0 Å². The molecule has 15 heavy (non-hydrogen) atoms. The van der Waals surface area contributed by atoms with Crippen molar-refractivity contribution in [2.24, 2.45) is 0 Å². The fourth-order valence-electron chi connectivity index (χ4n) is 1.87. The highest BCUT2D eigenvalue weighted by Crippen LogP contribution is 2.27. The number of hydrogen-bond acceptors (Lipinski definition) is 2. The first-order valence-electron chi connectivity index (χ1n) is 5.00. The Labute approximate surface area is 99.4 Å². The molecule has 1 saturated heterocycles. The van der Waals surface area contributed by atoms with Crippen LogP contribution in [0.4, 0.5) is 0 Å². The van der Waals surface area contributed by atoms with Crippen LogP contribution in [0.2, 0.25) is 10.0 Å². The first-order valence-corrected chi connectivity index (χ1v) is 5.75. The minimum Gasteiger partial charge on any atom is -0.392 e. The van der Waals surface area contributed by atoms with E-state index in [-0.39, 0.29) is 6.10 Å². The Kier molecular flexibility index (Phi) is 3.52. The Morgan fingerprint density at radius 3 is 2.87 bits per heavy atom. The van der Waals surface area contributed by atoms with Crippen molar-refractivity contribution in [1.82, 2.24) is 4.90 Å². The third-order valence-electron chi connectivity index (χ3n) is 2.67. The smallest absolute Gasteiger partial charge is 0.0679 e. The number of halogens is 2. The van der Waals surface area contributed by atoms with E-state index in [4.69, 9.17) is 23.2 Å². The third-order valence-corrected chi connectivity index (χ3v) is 3.53. The number of aliphatic hydroxyl groups excluding tert-OH is 1. The molecule has 0 spiro atoms. The minimum absolute atomic E-state index is 0.192. The van der Waals surface area contributed by atoms with Crippen molar-refractivity contribution >= 4 is 23.2 Å². The summed E-state index contributed by atoms with van der Waals surface area (Å²) < 4.78 is 0. The summed E-state index contributed by atoms with van der Waals surface area (Å²) in [5.74, 6) is 0. The second-order valence-electron chi connectivity index (χ2n) is 3.89. The maximum atomic E-state index is 9.40. The second kappa shape index (κ2) is 4.71. The van der Waals surface area contributed by atoms with Gasteiger partial charge in [-0.1, -0.05) is 35.3 Å². The Hall–Kier alpha value is -0.280. The molecule has 2 nitrogen and oxygen atoms in total. The SMILES string of the molecule is OC1CCN(Cc2cccc(Cl)c2Cl)C1. The van der Waals surface area contributed by atoms with Gasteiger partial charge in [0.1, 0.15) is 0 Å². The van der Waals surface area contributed by atoms with Crippen molar-refractivity contribution in [3.05, 3.63) is 33.8 Å². The van der Waals surface area contributed by atoms with Gasteiger partial charge >= 0.3 is 0 Å². The van der Waals surface area contributed by atoms with Gasteiger partial charge < -0.3 is 5.11 Å². The van der Waals surface area contributed by atoms with Crippen molar-refractivity contribution in [3.63, 3.8) is 0 Å². The number of β-amino-alcohol motifs (C(OH)–C–C–N with tert-alkyl or cyclic N) is 1. The molecule has 1 aromatic carbocycles. The average molecular weight is 246 g/mol. The average Bonchev–Trinajstić information content (AvgIpc) is 2.59. The first-order chi connectivity index (χ1) is 7.16. The normalized spacial score (nSPS) is 22.2. The van der Waals surface area contributed by atoms with Gasteiger partial charge in [0.15, 0.2) is 0 Å². The maximum absolute atomic E-state index is 9.40. The lowest BCUT2D eigenvalue weighted by molar-refractivity contribution is 0.175. The van der Waals surface area contributed by atoms with Crippen LogP contribution >= 0.6 is 23.2 Å². The Balaban J connectivity index is 2.07. The van der Waals surface area contributed by atoms with Gasteiger partial charge in [-0.2, -0.15) is 0 Å². The third kappa shape index (κ3) is 2.64. The van der Waals surface area contributed by atoms with Gasteiger partial charge in [-0.15, -0.1) is 0 Å². The van der Waals surface area contributed by atoms with Gasteiger partial charge in [-0.25, -0.2) is 0 Å². The van der Waals surface area contributed by atoms with Gasteiger partial charge in [0.05, 0.1) is 16.1 Å². The van der Waals surface area contributed by atoms with Crippen molar-refractivity contribution in [2.75, 3.05) is 13.1 Å². The topological polar surface area (TPSA) is 23.5 Å². The van der Waals surface area contributed by atoms with E-state index < -0.39 is 0 Å². The fourth-order valence-corrected chi connectivity index (χ4v) is 2.25. The van der Waals surface area contributed by atoms with E-state index in [1.807, 2.05) is 12.1 Å². The van der Waals surface area contributed by atoms with Gasteiger partial charge in [0.2, 0.25) is 0 Å². The molecular weight excluding hydrogens is 233 g/mol. The van der Waals surface area contributed by atoms with Crippen LogP contribution in [0, 0.1) is 0 Å². The molecule has 1 aliphatic heterocycles. The Morgan fingerprint density at radius 2 is 2.20 bits per heavy atom. The Bertz CT molecular complexity index is 356. The molecule has 0 bridgehead atoms. The highest BCUT2D eigenvalue weighted by Gasteiger charge is 2.20. The van der Waals surface area contributed by atoms with E-state index in [1.165, 1.54) is 0 Å². The van der Waals surface area contributed by atoms with Crippen LogP contribution < -0.4 is 0 Å². The second-order valence-corrected chi connectivity index (χ2v) is 4.68. The molecular formula is C11H13Cl2NO. The quantitative estimate of drug-likeness (QED) is 0.866. The van der Waals surface area contributed by atoms with Gasteiger partial charge in [0, 0.05) is 19.6 Å². The van der Waals surface area contributed by atoms with Crippen LogP contribution in [0.25, 0.3) is 0 Å². The van der Waals surface area contributed by atoms with Crippen molar-refractivity contribution in [2.45, 2.75) is 19.1 Å². The fraction of sp³-hybridized carbons (Fsp3) is 0.455. The van der Waals surface area contributed by atoms with E-state index in [0.29, 0.717) is 10.0 Å². The molecule has 0 aromatic heterocycles. The summed E-state index contributed by atoms with van der Waals surface area (Å²) in [4.78, 5) is 2.18. The summed E-state index contributed by atoms with van der Waals surface area (Å²) in [5.41, 5.74) is 1.03. The molecule has 2 rings (SSSR count). The summed E-state index contributed by atoms with van der Waals surface area (Å²) in [5, 5.41) is 10.6. The number of benzene rings is 1. The lowest BCUT2D eigenvalue weighted by Crippen LogP contribution is -2.21. The lowest BCUT2D eigenvalue weighted by Gasteiger charge is -2.16. The van der Waals surface area contributed by atoms with E-state index >= 15 is 0 Å². The summed E-state index contributed by atoms with van der Waals surface area (Å²) >= 11 is 12.0. The van der Waals surface area contributed by atoms with Crippen LogP contribution in [-0.2, 0) is 6.54 Å². The molecule has 0 radical (unpaired) electrons. The molecule has 1 atom stereocenters. The molecule has 1 heterocycles. The summed E-state index contributed by atoms with van der Waals surface area (Å²) in [6, 6.07) is 5.65.